The van der Waals surface area contributed by atoms with Gasteiger partial charge in [0.2, 0.25) is 0 Å². The molecule has 0 unspecified atom stereocenters. The second kappa shape index (κ2) is 9.24. The second-order valence-corrected chi connectivity index (χ2v) is 9.83. The molecule has 36 heavy (non-hydrogen) atoms. The highest BCUT2D eigenvalue weighted by molar-refractivity contribution is 7.13. The van der Waals surface area contributed by atoms with Crippen LogP contribution in [0, 0.1) is 0 Å². The molecule has 2 N–H and O–H groups in total. The summed E-state index contributed by atoms with van der Waals surface area (Å²) in [6.07, 6.45) is 5.69. The highest BCUT2D eigenvalue weighted by Gasteiger charge is 2.28. The molecule has 6 rings (SSSR count). The largest absolute Gasteiger partial charge is 0.461 e. The molecular formula is C29H25N3O3S. The number of hydrogen-bond donors (Lipinski definition) is 2. The smallest absolute Gasteiger partial charge is 0.355 e. The van der Waals surface area contributed by atoms with Crippen LogP contribution in [0.4, 0.5) is 5.69 Å². The van der Waals surface area contributed by atoms with Gasteiger partial charge in [-0.25, -0.2) is 9.78 Å². The Morgan fingerprint density at radius 2 is 1.89 bits per heavy atom. The van der Waals surface area contributed by atoms with Crippen molar-refractivity contribution in [2.24, 2.45) is 0 Å². The molecule has 2 aromatic heterocycles. The van der Waals surface area contributed by atoms with Crippen molar-refractivity contribution in [1.29, 1.82) is 0 Å². The van der Waals surface area contributed by atoms with Gasteiger partial charge >= 0.3 is 5.97 Å². The fourth-order valence-corrected chi connectivity index (χ4v) is 5.85. The molecule has 0 saturated carbocycles. The van der Waals surface area contributed by atoms with Crippen LogP contribution < -0.4 is 5.32 Å². The van der Waals surface area contributed by atoms with Gasteiger partial charge in [-0.1, -0.05) is 36.4 Å². The predicted molar refractivity (Wildman–Crippen MR) is 143 cm³/mol. The van der Waals surface area contributed by atoms with Crippen LogP contribution in [0.2, 0.25) is 0 Å². The van der Waals surface area contributed by atoms with Crippen molar-refractivity contribution in [3.63, 3.8) is 0 Å². The number of aromatic amines is 1. The number of hydrogen-bond acceptors (Lipinski definition) is 5. The van der Waals surface area contributed by atoms with Crippen molar-refractivity contribution in [3.8, 4) is 21.8 Å². The van der Waals surface area contributed by atoms with E-state index in [2.05, 4.69) is 22.4 Å². The summed E-state index contributed by atoms with van der Waals surface area (Å²) in [6, 6.07) is 16.0. The van der Waals surface area contributed by atoms with E-state index in [0.717, 1.165) is 75.6 Å². The number of carbonyl (C=O) groups is 2. The molecule has 6 nitrogen and oxygen atoms in total. The first-order valence-electron chi connectivity index (χ1n) is 12.2. The van der Waals surface area contributed by atoms with Gasteiger partial charge in [0.1, 0.15) is 10.7 Å². The fraction of sp³-hybridized carbons (Fsp3) is 0.207. The maximum absolute atomic E-state index is 13.0. The van der Waals surface area contributed by atoms with E-state index in [1.807, 2.05) is 47.9 Å². The summed E-state index contributed by atoms with van der Waals surface area (Å²) in [4.78, 5) is 33.7. The molecule has 2 aliphatic rings. The van der Waals surface area contributed by atoms with Crippen LogP contribution in [0.3, 0.4) is 0 Å². The normalized spacial score (nSPS) is 15.5. The number of ether oxygens (including phenoxy) is 1. The molecule has 0 fully saturated rings. The quantitative estimate of drug-likeness (QED) is 0.249. The number of benzene rings is 2. The van der Waals surface area contributed by atoms with E-state index in [9.17, 15) is 9.59 Å². The minimum atomic E-state index is -0.336. The van der Waals surface area contributed by atoms with Gasteiger partial charge in [-0.15, -0.1) is 11.3 Å². The maximum Gasteiger partial charge on any atom is 0.355 e. The van der Waals surface area contributed by atoms with Gasteiger partial charge in [-0.3, -0.25) is 4.79 Å². The van der Waals surface area contributed by atoms with E-state index < -0.39 is 0 Å². The average Bonchev–Trinajstić information content (AvgIpc) is 3.61. The first kappa shape index (κ1) is 22.5. The minimum absolute atomic E-state index is 0.151. The first-order valence-corrected chi connectivity index (χ1v) is 13.1. The lowest BCUT2D eigenvalue weighted by atomic mass is 9.91. The number of fused-ring (bicyclic) bond motifs is 2. The number of esters is 1. The van der Waals surface area contributed by atoms with Crippen LogP contribution in [0.5, 0.6) is 0 Å². The zero-order chi connectivity index (χ0) is 24.6. The van der Waals surface area contributed by atoms with Crippen LogP contribution in [-0.2, 0) is 22.4 Å². The highest BCUT2D eigenvalue weighted by atomic mass is 32.1. The number of carbonyl (C=O) groups excluding carboxylic acids is 2. The number of nitrogens with one attached hydrogen (secondary N) is 2. The summed E-state index contributed by atoms with van der Waals surface area (Å²) in [5.41, 5.74) is 8.58. The molecule has 180 valence electrons. The van der Waals surface area contributed by atoms with Gasteiger partial charge in [0.25, 0.3) is 5.91 Å². The topological polar surface area (TPSA) is 84.1 Å². The zero-order valence-corrected chi connectivity index (χ0v) is 20.7. The lowest BCUT2D eigenvalue weighted by molar-refractivity contribution is -0.110. The molecule has 1 aliphatic heterocycles. The summed E-state index contributed by atoms with van der Waals surface area (Å²) in [5.74, 6) is -0.487. The van der Waals surface area contributed by atoms with Gasteiger partial charge in [0, 0.05) is 33.5 Å². The van der Waals surface area contributed by atoms with Gasteiger partial charge < -0.3 is 15.0 Å². The third-order valence-electron chi connectivity index (χ3n) is 6.75. The summed E-state index contributed by atoms with van der Waals surface area (Å²) >= 11 is 1.60. The molecule has 0 radical (unpaired) electrons. The molecular weight excluding hydrogens is 470 g/mol. The van der Waals surface area contributed by atoms with E-state index in [1.54, 1.807) is 18.3 Å². The van der Waals surface area contributed by atoms with Crippen molar-refractivity contribution in [2.45, 2.75) is 32.6 Å². The molecule has 4 aromatic rings. The Morgan fingerprint density at radius 3 is 2.69 bits per heavy atom. The van der Waals surface area contributed by atoms with E-state index in [4.69, 9.17) is 9.72 Å². The number of thiazole rings is 1. The van der Waals surface area contributed by atoms with Gasteiger partial charge in [0.15, 0.2) is 0 Å². The Bertz CT molecular complexity index is 1510. The van der Waals surface area contributed by atoms with Crippen molar-refractivity contribution in [3.05, 3.63) is 82.0 Å². The van der Waals surface area contributed by atoms with Gasteiger partial charge in [-0.2, -0.15) is 0 Å². The second-order valence-electron chi connectivity index (χ2n) is 8.97. The summed E-state index contributed by atoms with van der Waals surface area (Å²) < 4.78 is 5.28. The van der Waals surface area contributed by atoms with Crippen molar-refractivity contribution < 1.29 is 14.3 Å². The van der Waals surface area contributed by atoms with Crippen molar-refractivity contribution >= 4 is 40.5 Å². The number of anilines is 1. The number of amides is 1. The zero-order valence-electron chi connectivity index (χ0n) is 19.9. The summed E-state index contributed by atoms with van der Waals surface area (Å²) in [7, 11) is 0. The fourth-order valence-electron chi connectivity index (χ4n) is 5.02. The van der Waals surface area contributed by atoms with Crippen LogP contribution in [-0.4, -0.2) is 28.5 Å². The molecule has 2 aromatic carbocycles. The number of aromatic nitrogens is 2. The Kier molecular flexibility index (Phi) is 5.77. The minimum Gasteiger partial charge on any atom is -0.461 e. The molecule has 1 amide bonds. The van der Waals surface area contributed by atoms with E-state index >= 15 is 0 Å². The first-order chi connectivity index (χ1) is 17.6. The van der Waals surface area contributed by atoms with Crippen molar-refractivity contribution in [1.82, 2.24) is 9.97 Å². The van der Waals surface area contributed by atoms with Crippen molar-refractivity contribution in [2.75, 3.05) is 11.9 Å². The van der Waals surface area contributed by atoms with Crippen LogP contribution >= 0.6 is 11.3 Å². The van der Waals surface area contributed by atoms with Crippen LogP contribution in [0.15, 0.2) is 53.9 Å². The third kappa shape index (κ3) is 3.95. The number of rotatable bonds is 5. The Hall–Kier alpha value is -3.97. The Labute approximate surface area is 213 Å². The Balaban J connectivity index is 1.39. The van der Waals surface area contributed by atoms with Crippen LogP contribution in [0.25, 0.3) is 33.5 Å². The lowest BCUT2D eigenvalue weighted by Gasteiger charge is -2.13. The highest BCUT2D eigenvalue weighted by Crippen LogP contribution is 2.39. The van der Waals surface area contributed by atoms with Gasteiger partial charge in [-0.05, 0) is 61.9 Å². The molecule has 3 heterocycles. The van der Waals surface area contributed by atoms with E-state index in [0.29, 0.717) is 17.9 Å². The Morgan fingerprint density at radius 1 is 1.08 bits per heavy atom. The SMILES string of the molecule is CCOC(=O)c1[nH]c(C=C2C(=O)Nc3ccc(-c4csc(-c5ccccc5)n4)cc32)c2c1CCCC2. The van der Waals surface area contributed by atoms with E-state index in [1.165, 1.54) is 0 Å². The third-order valence-corrected chi connectivity index (χ3v) is 7.64. The summed E-state index contributed by atoms with van der Waals surface area (Å²) in [5, 5.41) is 5.98. The lowest BCUT2D eigenvalue weighted by Crippen LogP contribution is -2.10. The monoisotopic (exact) mass is 495 g/mol. The maximum atomic E-state index is 13.0. The number of H-pyrrole nitrogens is 1. The van der Waals surface area contributed by atoms with Crippen LogP contribution in [0.1, 0.15) is 52.6 Å². The molecule has 0 saturated heterocycles. The number of nitrogens with zero attached hydrogens (tertiary/aromatic N) is 1. The standard InChI is InChI=1S/C29H25N3O3S/c1-2-35-29(34)26-20-11-7-6-10-19(20)24(30-26)15-22-21-14-18(12-13-23(21)31-27(22)33)25-16-36-28(32-25)17-8-4-3-5-9-17/h3-5,8-9,12-16,30H,2,6-7,10-11H2,1H3,(H,31,33). The van der Waals surface area contributed by atoms with E-state index in [-0.39, 0.29) is 11.9 Å². The molecule has 0 bridgehead atoms. The predicted octanol–water partition coefficient (Wildman–Crippen LogP) is 6.35. The van der Waals surface area contributed by atoms with Gasteiger partial charge in [0.05, 0.1) is 17.9 Å². The molecule has 0 spiro atoms. The average molecular weight is 496 g/mol. The molecule has 1 aliphatic carbocycles. The molecule has 0 atom stereocenters. The molecule has 7 heteroatoms. The summed E-state index contributed by atoms with van der Waals surface area (Å²) in [6.45, 7) is 2.13.